The lowest BCUT2D eigenvalue weighted by Gasteiger charge is -1.92. The van der Waals surface area contributed by atoms with Crippen LogP contribution in [-0.4, -0.2) is 20.5 Å². The van der Waals surface area contributed by atoms with Gasteiger partial charge in [0.05, 0.1) is 0 Å². The number of aromatic nitrogens is 3. The van der Waals surface area contributed by atoms with Crippen LogP contribution < -0.4 is 0 Å². The lowest BCUT2D eigenvalue weighted by molar-refractivity contribution is 0.0957. The summed E-state index contributed by atoms with van der Waals surface area (Å²) in [6, 6.07) is 12.0. The average molecular weight is 293 g/mol. The Balaban J connectivity index is 0.000000197. The highest BCUT2D eigenvalue weighted by Crippen LogP contribution is 2.33. The summed E-state index contributed by atoms with van der Waals surface area (Å²) >= 11 is 0. The Morgan fingerprint density at radius 2 is 1.67 bits per heavy atom. The van der Waals surface area contributed by atoms with Gasteiger partial charge in [-0.1, -0.05) is 36.4 Å². The molecule has 0 unspecified atom stereocenters. The van der Waals surface area contributed by atoms with Crippen LogP contribution in [0.2, 0.25) is 0 Å². The van der Waals surface area contributed by atoms with Gasteiger partial charge >= 0.3 is 0 Å². The summed E-state index contributed by atoms with van der Waals surface area (Å²) in [5.74, 6) is 0.633. The summed E-state index contributed by atoms with van der Waals surface area (Å²) < 4.78 is 14.7. The molecule has 112 valence electrons. The Hall–Kier alpha value is -2.11. The zero-order chi connectivity index (χ0) is 13.9. The molecule has 0 radical (unpaired) electrons. The molecule has 1 fully saturated rings. The first-order valence-electron chi connectivity index (χ1n) is 6.89. The lowest BCUT2D eigenvalue weighted by atomic mass is 10.2. The van der Waals surface area contributed by atoms with Gasteiger partial charge in [0.15, 0.2) is 12.0 Å². The molecular weight excluding hydrogens is 276 g/mol. The number of carbonyl (C=O) groups is 1. The van der Waals surface area contributed by atoms with Gasteiger partial charge in [0.25, 0.3) is 0 Å². The molecule has 1 aromatic heterocycles. The molecule has 1 aliphatic heterocycles. The predicted molar refractivity (Wildman–Crippen MR) is 74.5 cm³/mol. The van der Waals surface area contributed by atoms with Crippen LogP contribution in [0, 0.1) is 5.92 Å². The van der Waals surface area contributed by atoms with Gasteiger partial charge in [-0.2, -0.15) is 0 Å². The molecule has 2 aromatic rings. The SMILES string of the molecule is F.O=C(c1nc2n(n1)CC[C@H]2F)C1CC1.c1ccccc1. The Kier molecular flexibility index (Phi) is 4.77. The van der Waals surface area contributed by atoms with Crippen LogP contribution >= 0.6 is 0 Å². The third-order valence-electron chi connectivity index (χ3n) is 3.41. The molecule has 1 aliphatic carbocycles. The maximum absolute atomic E-state index is 13.2. The fraction of sp³-hybridized carbons (Fsp3) is 0.400. The van der Waals surface area contributed by atoms with Crippen LogP contribution in [0.25, 0.3) is 0 Å². The first kappa shape index (κ1) is 15.3. The van der Waals surface area contributed by atoms with Gasteiger partial charge in [0.2, 0.25) is 11.6 Å². The van der Waals surface area contributed by atoms with Crippen molar-refractivity contribution in [2.24, 2.45) is 5.92 Å². The minimum atomic E-state index is -1.04. The van der Waals surface area contributed by atoms with E-state index in [1.165, 1.54) is 4.68 Å². The van der Waals surface area contributed by atoms with Crippen LogP contribution in [0.5, 0.6) is 0 Å². The van der Waals surface area contributed by atoms with Crippen molar-refractivity contribution in [3.8, 4) is 0 Å². The first-order chi connectivity index (χ1) is 9.75. The Morgan fingerprint density at radius 1 is 1.10 bits per heavy atom. The number of hydrogen-bond donors (Lipinski definition) is 0. The van der Waals surface area contributed by atoms with E-state index in [-0.39, 0.29) is 22.2 Å². The smallest absolute Gasteiger partial charge is 0.217 e. The van der Waals surface area contributed by atoms with E-state index in [1.54, 1.807) is 0 Å². The third kappa shape index (κ3) is 3.51. The van der Waals surface area contributed by atoms with E-state index in [1.807, 2.05) is 36.4 Å². The molecule has 1 aromatic carbocycles. The Labute approximate surface area is 121 Å². The van der Waals surface area contributed by atoms with Gasteiger partial charge in [0, 0.05) is 18.9 Å². The van der Waals surface area contributed by atoms with Crippen molar-refractivity contribution in [1.29, 1.82) is 0 Å². The zero-order valence-electron chi connectivity index (χ0n) is 11.5. The van der Waals surface area contributed by atoms with E-state index in [4.69, 9.17) is 0 Å². The monoisotopic (exact) mass is 293 g/mol. The lowest BCUT2D eigenvalue weighted by Crippen LogP contribution is -2.05. The number of rotatable bonds is 2. The van der Waals surface area contributed by atoms with E-state index >= 15 is 0 Å². The highest BCUT2D eigenvalue weighted by Gasteiger charge is 2.35. The standard InChI is InChI=1S/C9H10FN3O.C6H6.FH/c10-6-3-4-13-9(6)11-8(12-13)7(14)5-1-2-5;1-2-4-6-5-3-1;/h5-6H,1-4H2;1-6H;1H/t6-;;/m1../s1. The number of Topliss-reactive ketones (excluding diaryl/α,β-unsaturated/α-hetero) is 1. The molecule has 0 amide bonds. The largest absolute Gasteiger partial charge is 0.290 e. The number of ketones is 1. The minimum absolute atomic E-state index is 0. The molecule has 1 saturated carbocycles. The van der Waals surface area contributed by atoms with E-state index in [9.17, 15) is 9.18 Å². The van der Waals surface area contributed by atoms with E-state index in [0.717, 1.165) is 12.8 Å². The van der Waals surface area contributed by atoms with Gasteiger partial charge in [-0.25, -0.2) is 14.1 Å². The van der Waals surface area contributed by atoms with Crippen molar-refractivity contribution >= 4 is 5.78 Å². The van der Waals surface area contributed by atoms with Crippen molar-refractivity contribution in [1.82, 2.24) is 14.8 Å². The van der Waals surface area contributed by atoms with Crippen LogP contribution in [0.15, 0.2) is 36.4 Å². The molecule has 0 spiro atoms. The molecule has 0 saturated heterocycles. The maximum atomic E-state index is 13.2. The third-order valence-corrected chi connectivity index (χ3v) is 3.41. The van der Waals surface area contributed by atoms with Gasteiger partial charge in [-0.15, -0.1) is 5.10 Å². The van der Waals surface area contributed by atoms with Crippen molar-refractivity contribution in [3.05, 3.63) is 48.0 Å². The van der Waals surface area contributed by atoms with Crippen molar-refractivity contribution in [3.63, 3.8) is 0 Å². The molecule has 21 heavy (non-hydrogen) atoms. The second kappa shape index (κ2) is 6.56. The molecule has 0 N–H and O–H groups in total. The molecule has 4 nitrogen and oxygen atoms in total. The van der Waals surface area contributed by atoms with Crippen molar-refractivity contribution < 1.29 is 13.9 Å². The van der Waals surface area contributed by atoms with E-state index < -0.39 is 6.17 Å². The molecule has 6 heteroatoms. The Morgan fingerprint density at radius 3 is 2.14 bits per heavy atom. The zero-order valence-corrected chi connectivity index (χ0v) is 11.5. The van der Waals surface area contributed by atoms with Crippen LogP contribution in [0.1, 0.15) is 41.9 Å². The second-order valence-electron chi connectivity index (χ2n) is 5.07. The number of hydrogen-bond acceptors (Lipinski definition) is 3. The summed E-state index contributed by atoms with van der Waals surface area (Å²) in [7, 11) is 0. The molecule has 2 aliphatic rings. The molecule has 0 bridgehead atoms. The molecule has 2 heterocycles. The second-order valence-corrected chi connectivity index (χ2v) is 5.07. The number of nitrogens with zero attached hydrogens (tertiary/aromatic N) is 3. The van der Waals surface area contributed by atoms with Crippen molar-refractivity contribution in [2.75, 3.05) is 0 Å². The fourth-order valence-corrected chi connectivity index (χ4v) is 2.13. The van der Waals surface area contributed by atoms with Crippen LogP contribution in [0.4, 0.5) is 9.09 Å². The molecule has 1 atom stereocenters. The van der Waals surface area contributed by atoms with E-state index in [2.05, 4.69) is 10.1 Å². The molecule has 4 rings (SSSR count). The van der Waals surface area contributed by atoms with E-state index in [0.29, 0.717) is 18.8 Å². The van der Waals surface area contributed by atoms with Crippen molar-refractivity contribution in [2.45, 2.75) is 32.0 Å². The highest BCUT2D eigenvalue weighted by atomic mass is 19.1. The number of halogens is 2. The number of benzene rings is 1. The number of alkyl halides is 1. The summed E-state index contributed by atoms with van der Waals surface area (Å²) in [4.78, 5) is 15.5. The fourth-order valence-electron chi connectivity index (χ4n) is 2.13. The van der Waals surface area contributed by atoms with Gasteiger partial charge in [-0.3, -0.25) is 9.50 Å². The summed E-state index contributed by atoms with van der Waals surface area (Å²) in [6.07, 6.45) is 1.26. The van der Waals surface area contributed by atoms with Crippen LogP contribution in [-0.2, 0) is 6.54 Å². The number of aryl methyl sites for hydroxylation is 1. The normalized spacial score (nSPS) is 19.0. The topological polar surface area (TPSA) is 47.8 Å². The van der Waals surface area contributed by atoms with Gasteiger partial charge in [0.1, 0.15) is 0 Å². The summed E-state index contributed by atoms with van der Waals surface area (Å²) in [6.45, 7) is 0.543. The number of fused-ring (bicyclic) bond motifs is 1. The highest BCUT2D eigenvalue weighted by molar-refractivity contribution is 5.95. The predicted octanol–water partition coefficient (Wildman–Crippen LogP) is 3.12. The van der Waals surface area contributed by atoms with Gasteiger partial charge < -0.3 is 0 Å². The average Bonchev–Trinajstić information content (AvgIpc) is 3.17. The van der Waals surface area contributed by atoms with Gasteiger partial charge in [-0.05, 0) is 12.8 Å². The maximum Gasteiger partial charge on any atom is 0.217 e. The summed E-state index contributed by atoms with van der Waals surface area (Å²) in [5, 5.41) is 4.02. The summed E-state index contributed by atoms with van der Waals surface area (Å²) in [5.41, 5.74) is 0. The first-order valence-corrected chi connectivity index (χ1v) is 6.89. The Bertz CT molecular complexity index is 570. The minimum Gasteiger partial charge on any atom is -0.290 e. The van der Waals surface area contributed by atoms with Crippen LogP contribution in [0.3, 0.4) is 0 Å². The quantitative estimate of drug-likeness (QED) is 0.799. The molecular formula is C15H17F2N3O. The number of carbonyl (C=O) groups excluding carboxylic acids is 1.